The smallest absolute Gasteiger partial charge is 0.141 e. The van der Waals surface area contributed by atoms with Crippen LogP contribution in [0.25, 0.3) is 0 Å². The third kappa shape index (κ3) is 3.29. The van der Waals surface area contributed by atoms with Gasteiger partial charge in [-0.1, -0.05) is 6.92 Å². The SMILES string of the molecule is CCCNC(C1=CCCCO1)c1cncc(F)c1. The fourth-order valence-corrected chi connectivity index (χ4v) is 2.04. The number of rotatable bonds is 5. The van der Waals surface area contributed by atoms with Crippen molar-refractivity contribution < 1.29 is 9.13 Å². The quantitative estimate of drug-likeness (QED) is 0.872. The number of aromatic nitrogens is 1. The lowest BCUT2D eigenvalue weighted by Crippen LogP contribution is -2.26. The molecule has 0 bridgehead atoms. The summed E-state index contributed by atoms with van der Waals surface area (Å²) in [7, 11) is 0. The van der Waals surface area contributed by atoms with Crippen molar-refractivity contribution in [1.29, 1.82) is 0 Å². The van der Waals surface area contributed by atoms with Crippen LogP contribution in [-0.4, -0.2) is 18.1 Å². The monoisotopic (exact) mass is 250 g/mol. The summed E-state index contributed by atoms with van der Waals surface area (Å²) in [4.78, 5) is 3.91. The van der Waals surface area contributed by atoms with Gasteiger partial charge in [0.2, 0.25) is 0 Å². The summed E-state index contributed by atoms with van der Waals surface area (Å²) >= 11 is 0. The average molecular weight is 250 g/mol. The van der Waals surface area contributed by atoms with Crippen molar-refractivity contribution in [1.82, 2.24) is 10.3 Å². The maximum Gasteiger partial charge on any atom is 0.141 e. The van der Waals surface area contributed by atoms with Gasteiger partial charge in [-0.05, 0) is 43.5 Å². The van der Waals surface area contributed by atoms with Crippen molar-refractivity contribution in [2.24, 2.45) is 0 Å². The molecule has 4 heteroatoms. The van der Waals surface area contributed by atoms with Gasteiger partial charge in [0, 0.05) is 6.20 Å². The number of hydrogen-bond acceptors (Lipinski definition) is 3. The third-order valence-corrected chi connectivity index (χ3v) is 2.91. The highest BCUT2D eigenvalue weighted by Gasteiger charge is 2.20. The summed E-state index contributed by atoms with van der Waals surface area (Å²) in [5.74, 6) is 0.578. The number of ether oxygens (including phenoxy) is 1. The van der Waals surface area contributed by atoms with Crippen LogP contribution in [0, 0.1) is 5.82 Å². The Hall–Kier alpha value is -1.42. The van der Waals surface area contributed by atoms with E-state index in [1.165, 1.54) is 12.3 Å². The van der Waals surface area contributed by atoms with E-state index in [9.17, 15) is 4.39 Å². The predicted molar refractivity (Wildman–Crippen MR) is 68.5 cm³/mol. The molecule has 0 amide bonds. The minimum atomic E-state index is -0.313. The predicted octanol–water partition coefficient (Wildman–Crippen LogP) is 2.96. The van der Waals surface area contributed by atoms with Crippen LogP contribution < -0.4 is 5.32 Å². The van der Waals surface area contributed by atoms with Crippen LogP contribution in [-0.2, 0) is 4.74 Å². The van der Waals surface area contributed by atoms with Gasteiger partial charge in [0.25, 0.3) is 0 Å². The zero-order chi connectivity index (χ0) is 12.8. The van der Waals surface area contributed by atoms with Crippen LogP contribution in [0.3, 0.4) is 0 Å². The first-order valence-corrected chi connectivity index (χ1v) is 6.48. The molecule has 0 aliphatic carbocycles. The van der Waals surface area contributed by atoms with E-state index in [-0.39, 0.29) is 11.9 Å². The number of halogens is 1. The molecule has 0 radical (unpaired) electrons. The van der Waals surface area contributed by atoms with Crippen LogP contribution in [0.5, 0.6) is 0 Å². The van der Waals surface area contributed by atoms with E-state index in [1.807, 2.05) is 0 Å². The van der Waals surface area contributed by atoms with Gasteiger partial charge >= 0.3 is 0 Å². The molecule has 2 rings (SSSR count). The second-order valence-corrected chi connectivity index (χ2v) is 4.42. The number of allylic oxidation sites excluding steroid dienone is 1. The van der Waals surface area contributed by atoms with Gasteiger partial charge in [0.15, 0.2) is 0 Å². The highest BCUT2D eigenvalue weighted by molar-refractivity contribution is 5.24. The molecule has 18 heavy (non-hydrogen) atoms. The lowest BCUT2D eigenvalue weighted by Gasteiger charge is -2.25. The first kappa shape index (κ1) is 13.0. The lowest BCUT2D eigenvalue weighted by atomic mass is 10.0. The van der Waals surface area contributed by atoms with Crippen LogP contribution >= 0.6 is 0 Å². The molecule has 1 atom stereocenters. The molecule has 1 aliphatic rings. The van der Waals surface area contributed by atoms with Gasteiger partial charge in [0.1, 0.15) is 11.6 Å². The molecule has 1 unspecified atom stereocenters. The molecule has 0 aromatic carbocycles. The molecular weight excluding hydrogens is 231 g/mol. The van der Waals surface area contributed by atoms with E-state index < -0.39 is 0 Å². The Morgan fingerprint density at radius 3 is 3.06 bits per heavy atom. The molecule has 0 saturated heterocycles. The van der Waals surface area contributed by atoms with Crippen molar-refractivity contribution >= 4 is 0 Å². The number of pyridine rings is 1. The second-order valence-electron chi connectivity index (χ2n) is 4.42. The Morgan fingerprint density at radius 2 is 2.39 bits per heavy atom. The van der Waals surface area contributed by atoms with E-state index in [4.69, 9.17) is 4.74 Å². The number of nitrogens with one attached hydrogen (secondary N) is 1. The zero-order valence-electron chi connectivity index (χ0n) is 10.7. The molecule has 1 aromatic heterocycles. The van der Waals surface area contributed by atoms with Crippen LogP contribution in [0.4, 0.5) is 4.39 Å². The largest absolute Gasteiger partial charge is 0.496 e. The number of hydrogen-bond donors (Lipinski definition) is 1. The molecule has 0 fully saturated rings. The molecular formula is C14H19FN2O. The van der Waals surface area contributed by atoms with Crippen LogP contribution in [0.2, 0.25) is 0 Å². The standard InChI is InChI=1S/C14H19FN2O/c1-2-6-17-14(13-5-3-4-7-18-13)11-8-12(15)10-16-9-11/h5,8-10,14,17H,2-4,6-7H2,1H3. The van der Waals surface area contributed by atoms with E-state index in [2.05, 4.69) is 23.3 Å². The molecule has 0 spiro atoms. The van der Waals surface area contributed by atoms with Gasteiger partial charge in [0.05, 0.1) is 18.8 Å². The van der Waals surface area contributed by atoms with E-state index in [1.54, 1.807) is 6.20 Å². The Morgan fingerprint density at radius 1 is 1.50 bits per heavy atom. The Balaban J connectivity index is 2.21. The Kier molecular flexibility index (Phi) is 4.70. The number of nitrogens with zero attached hydrogens (tertiary/aromatic N) is 1. The summed E-state index contributed by atoms with van der Waals surface area (Å²) in [6, 6.07) is 1.42. The fourth-order valence-electron chi connectivity index (χ4n) is 2.04. The summed E-state index contributed by atoms with van der Waals surface area (Å²) in [6.07, 6.45) is 8.08. The maximum absolute atomic E-state index is 13.3. The van der Waals surface area contributed by atoms with E-state index >= 15 is 0 Å². The topological polar surface area (TPSA) is 34.1 Å². The molecule has 3 nitrogen and oxygen atoms in total. The first-order valence-electron chi connectivity index (χ1n) is 6.48. The van der Waals surface area contributed by atoms with E-state index in [0.29, 0.717) is 0 Å². The van der Waals surface area contributed by atoms with Gasteiger partial charge in [-0.25, -0.2) is 4.39 Å². The van der Waals surface area contributed by atoms with Crippen molar-refractivity contribution in [2.45, 2.75) is 32.2 Å². The van der Waals surface area contributed by atoms with Gasteiger partial charge in [-0.15, -0.1) is 0 Å². The minimum absolute atomic E-state index is 0.0894. The molecule has 2 heterocycles. The zero-order valence-corrected chi connectivity index (χ0v) is 10.7. The van der Waals surface area contributed by atoms with E-state index in [0.717, 1.165) is 43.7 Å². The normalized spacial score (nSPS) is 16.9. The second kappa shape index (κ2) is 6.50. The fraction of sp³-hybridized carbons (Fsp3) is 0.500. The molecule has 0 saturated carbocycles. The molecule has 1 aliphatic heterocycles. The minimum Gasteiger partial charge on any atom is -0.496 e. The third-order valence-electron chi connectivity index (χ3n) is 2.91. The van der Waals surface area contributed by atoms with Gasteiger partial charge in [-0.3, -0.25) is 4.98 Å². The summed E-state index contributed by atoms with van der Waals surface area (Å²) in [5.41, 5.74) is 0.816. The van der Waals surface area contributed by atoms with Gasteiger partial charge in [-0.2, -0.15) is 0 Å². The average Bonchev–Trinajstić information content (AvgIpc) is 2.40. The Bertz CT molecular complexity index is 420. The lowest BCUT2D eigenvalue weighted by molar-refractivity contribution is 0.167. The highest BCUT2D eigenvalue weighted by Crippen LogP contribution is 2.26. The van der Waals surface area contributed by atoms with Crippen molar-refractivity contribution in [3.63, 3.8) is 0 Å². The van der Waals surface area contributed by atoms with Crippen LogP contribution in [0.1, 0.15) is 37.8 Å². The first-order chi connectivity index (χ1) is 8.81. The van der Waals surface area contributed by atoms with Crippen molar-refractivity contribution in [2.75, 3.05) is 13.2 Å². The van der Waals surface area contributed by atoms with Gasteiger partial charge < -0.3 is 10.1 Å². The maximum atomic E-state index is 13.3. The van der Waals surface area contributed by atoms with Crippen molar-refractivity contribution in [3.05, 3.63) is 41.7 Å². The summed E-state index contributed by atoms with van der Waals surface area (Å²) in [6.45, 7) is 3.70. The Labute approximate surface area is 107 Å². The van der Waals surface area contributed by atoms with Crippen LogP contribution in [0.15, 0.2) is 30.3 Å². The summed E-state index contributed by atoms with van der Waals surface area (Å²) in [5, 5.41) is 3.38. The molecule has 1 N–H and O–H groups in total. The van der Waals surface area contributed by atoms with Crippen molar-refractivity contribution in [3.8, 4) is 0 Å². The highest BCUT2D eigenvalue weighted by atomic mass is 19.1. The summed E-state index contributed by atoms with van der Waals surface area (Å²) < 4.78 is 18.9. The molecule has 1 aromatic rings. The molecule has 98 valence electrons.